The first-order valence-corrected chi connectivity index (χ1v) is 21.5. The van der Waals surface area contributed by atoms with Crippen LogP contribution in [-0.2, 0) is 26.5 Å². The van der Waals surface area contributed by atoms with Crippen LogP contribution in [0.25, 0.3) is 33.3 Å². The summed E-state index contributed by atoms with van der Waals surface area (Å²) >= 11 is 0. The van der Waals surface area contributed by atoms with Crippen LogP contribution in [0.1, 0.15) is 132 Å². The van der Waals surface area contributed by atoms with E-state index in [0.717, 1.165) is 45.3 Å². The molecule has 3 aromatic carbocycles. The first kappa shape index (κ1) is 39.9. The third kappa shape index (κ3) is 7.71. The first-order chi connectivity index (χ1) is 27.1. The van der Waals surface area contributed by atoms with Gasteiger partial charge >= 0.3 is 21.1 Å². The second kappa shape index (κ2) is 16.4. The molecule has 3 aromatic heterocycles. The Morgan fingerprint density at radius 1 is 0.772 bits per heavy atom. The zero-order valence-electron chi connectivity index (χ0n) is 34.7. The van der Waals surface area contributed by atoms with Gasteiger partial charge in [0.15, 0.2) is 0 Å². The summed E-state index contributed by atoms with van der Waals surface area (Å²) in [6, 6.07) is 28.6. The van der Waals surface area contributed by atoms with E-state index in [4.69, 9.17) is 14.8 Å². The number of aromatic nitrogens is 4. The Kier molecular flexibility index (Phi) is 11.4. The normalized spacial score (nSPS) is 19.8. The molecule has 2 atom stereocenters. The molecule has 0 spiro atoms. The summed E-state index contributed by atoms with van der Waals surface area (Å²) in [6.07, 6.45) is 20.9. The van der Waals surface area contributed by atoms with E-state index >= 15 is 0 Å². The van der Waals surface area contributed by atoms with Gasteiger partial charge in [-0.3, -0.25) is 4.68 Å². The predicted molar refractivity (Wildman–Crippen MR) is 229 cm³/mol. The number of ether oxygens (including phenoxy) is 1. The van der Waals surface area contributed by atoms with Gasteiger partial charge in [0, 0.05) is 40.4 Å². The molecule has 0 bridgehead atoms. The minimum Gasteiger partial charge on any atom is -0.509 e. The van der Waals surface area contributed by atoms with Gasteiger partial charge in [0.05, 0.1) is 5.69 Å². The molecule has 3 aliphatic carbocycles. The van der Waals surface area contributed by atoms with Gasteiger partial charge in [-0.25, -0.2) is 4.98 Å². The molecule has 2 fully saturated rings. The summed E-state index contributed by atoms with van der Waals surface area (Å²) in [7, 11) is 0. The molecule has 0 aliphatic heterocycles. The first-order valence-electron chi connectivity index (χ1n) is 21.5. The predicted octanol–water partition coefficient (Wildman–Crippen LogP) is 13.6. The van der Waals surface area contributed by atoms with E-state index in [-0.39, 0.29) is 26.5 Å². The number of hydrogen-bond acceptors (Lipinski definition) is 3. The van der Waals surface area contributed by atoms with Crippen molar-refractivity contribution in [3.8, 4) is 23.0 Å². The third-order valence-corrected chi connectivity index (χ3v) is 13.5. The monoisotopic (exact) mass is 937 g/mol. The maximum absolute atomic E-state index is 6.69. The van der Waals surface area contributed by atoms with Gasteiger partial charge in [-0.1, -0.05) is 114 Å². The van der Waals surface area contributed by atoms with Crippen LogP contribution in [0.5, 0.6) is 11.5 Å². The number of fused-ring (bicyclic) bond motifs is 3. The standard InChI is InChI=1S/C51H58N4O.Pt/c1-33-28-39(55-35(3)49(34(2)53-55)50-42(36-16-9-7-10-17-36)21-15-22-43(50)37-18-11-8-12-19-37)31-41(29-33)56-40-24-25-45-44-20-13-14-23-46(44)54(47(45)32-40)48-30-38(26-27-52-48)51(4,5)6;/h13-14,20-21,23-30,36-37,43,50H,7-12,15-19,22H2,1-6H3;/q-2;+2/t43-,50?;/m1./s1. The number of allylic oxidation sites excluding steroid dienone is 2. The largest absolute Gasteiger partial charge is 2.00 e. The minimum absolute atomic E-state index is 0. The van der Waals surface area contributed by atoms with Crippen molar-refractivity contribution in [3.63, 3.8) is 0 Å². The van der Waals surface area contributed by atoms with Crippen molar-refractivity contribution in [1.29, 1.82) is 0 Å². The van der Waals surface area contributed by atoms with E-state index < -0.39 is 0 Å². The number of rotatable bonds is 7. The van der Waals surface area contributed by atoms with Crippen LogP contribution < -0.4 is 4.74 Å². The molecule has 0 N–H and O–H groups in total. The van der Waals surface area contributed by atoms with Gasteiger partial charge < -0.3 is 9.30 Å². The number of nitrogens with zero attached hydrogens (tertiary/aromatic N) is 4. The van der Waals surface area contributed by atoms with Crippen LogP contribution in [-0.4, -0.2) is 19.3 Å². The van der Waals surface area contributed by atoms with E-state index in [0.29, 0.717) is 23.3 Å². The van der Waals surface area contributed by atoms with E-state index in [1.165, 1.54) is 105 Å². The topological polar surface area (TPSA) is 44.9 Å². The Morgan fingerprint density at radius 3 is 2.30 bits per heavy atom. The van der Waals surface area contributed by atoms with Crippen molar-refractivity contribution < 1.29 is 25.8 Å². The van der Waals surface area contributed by atoms with E-state index in [9.17, 15) is 0 Å². The molecule has 57 heavy (non-hydrogen) atoms. The second-order valence-corrected chi connectivity index (χ2v) is 18.3. The molecular weight excluding hydrogens is 880 g/mol. The van der Waals surface area contributed by atoms with E-state index in [1.54, 1.807) is 5.57 Å². The molecule has 6 aromatic rings. The summed E-state index contributed by atoms with van der Waals surface area (Å²) in [5.41, 5.74) is 11.0. The fourth-order valence-electron chi connectivity index (χ4n) is 10.8. The van der Waals surface area contributed by atoms with Gasteiger partial charge in [0.2, 0.25) is 0 Å². The minimum atomic E-state index is 0. The molecule has 1 unspecified atom stereocenters. The van der Waals surface area contributed by atoms with Gasteiger partial charge in [-0.2, -0.15) is 16.7 Å². The molecule has 2 saturated carbocycles. The van der Waals surface area contributed by atoms with Gasteiger partial charge in [0.1, 0.15) is 5.82 Å². The summed E-state index contributed by atoms with van der Waals surface area (Å²) in [5, 5.41) is 7.61. The number of hydrogen-bond donors (Lipinski definition) is 0. The Bertz CT molecular complexity index is 2420. The molecule has 298 valence electrons. The number of para-hydroxylation sites is 1. The van der Waals surface area contributed by atoms with Crippen molar-refractivity contribution >= 4 is 21.8 Å². The van der Waals surface area contributed by atoms with E-state index in [2.05, 4.69) is 124 Å². The van der Waals surface area contributed by atoms with Crippen LogP contribution in [0, 0.1) is 50.7 Å². The Morgan fingerprint density at radius 2 is 1.53 bits per heavy atom. The van der Waals surface area contributed by atoms with Crippen LogP contribution in [0.3, 0.4) is 0 Å². The summed E-state index contributed by atoms with van der Waals surface area (Å²) in [6.45, 7) is 13.4. The average Bonchev–Trinajstić information content (AvgIpc) is 3.70. The SMILES string of the molecule is Cc1cc(Oc2[c-]c3c(cc2)c2ccccc2n3-c2cc(C(C)(C)C)ccn2)[c-]c(-n2nc(C)c(C3C(C4CCCCC4)=CCC[C@@H]3C3CCCCC3)c2C)c1.[Pt+2]. The molecule has 3 aliphatic rings. The fraction of sp³-hybridized carbons (Fsp3) is 0.451. The maximum atomic E-state index is 6.69. The van der Waals surface area contributed by atoms with Gasteiger partial charge in [-0.05, 0) is 97.5 Å². The molecular formula is C51H58N4OPt. The van der Waals surface area contributed by atoms with Gasteiger partial charge in [0.25, 0.3) is 0 Å². The van der Waals surface area contributed by atoms with Crippen LogP contribution >= 0.6 is 0 Å². The van der Waals surface area contributed by atoms with Crippen LogP contribution in [0.4, 0.5) is 0 Å². The maximum Gasteiger partial charge on any atom is 2.00 e. The van der Waals surface area contributed by atoms with Crippen molar-refractivity contribution in [1.82, 2.24) is 19.3 Å². The summed E-state index contributed by atoms with van der Waals surface area (Å²) in [4.78, 5) is 4.86. The van der Waals surface area contributed by atoms with Crippen molar-refractivity contribution in [2.75, 3.05) is 0 Å². The summed E-state index contributed by atoms with van der Waals surface area (Å²) < 4.78 is 11.1. The van der Waals surface area contributed by atoms with E-state index in [1.807, 2.05) is 12.3 Å². The Hall–Kier alpha value is -3.95. The van der Waals surface area contributed by atoms with Gasteiger partial charge in [-0.15, -0.1) is 35.7 Å². The van der Waals surface area contributed by atoms with Crippen molar-refractivity contribution in [2.45, 2.75) is 130 Å². The van der Waals surface area contributed by atoms with Crippen LogP contribution in [0.2, 0.25) is 0 Å². The zero-order valence-corrected chi connectivity index (χ0v) is 37.0. The molecule has 9 rings (SSSR count). The molecule has 0 amide bonds. The fourth-order valence-corrected chi connectivity index (χ4v) is 10.8. The van der Waals surface area contributed by atoms with Crippen LogP contribution in [0.15, 0.2) is 78.5 Å². The molecule has 3 heterocycles. The number of benzene rings is 3. The molecule has 0 radical (unpaired) electrons. The molecule has 6 heteroatoms. The quantitative estimate of drug-likeness (QED) is 0.118. The number of pyridine rings is 1. The molecule has 5 nitrogen and oxygen atoms in total. The summed E-state index contributed by atoms with van der Waals surface area (Å²) in [5.74, 6) is 4.91. The molecule has 0 saturated heterocycles. The second-order valence-electron chi connectivity index (χ2n) is 18.3. The Balaban J connectivity index is 0.00000455. The Labute approximate surface area is 354 Å². The third-order valence-electron chi connectivity index (χ3n) is 13.5. The average molecular weight is 938 g/mol. The zero-order chi connectivity index (χ0) is 38.6. The smallest absolute Gasteiger partial charge is 0.509 e. The van der Waals surface area contributed by atoms with Crippen molar-refractivity contribution in [3.05, 3.63) is 119 Å². The van der Waals surface area contributed by atoms with Crippen molar-refractivity contribution in [2.24, 2.45) is 17.8 Å². The number of aryl methyl sites for hydroxylation is 2.